The zero-order chi connectivity index (χ0) is 21.1. The lowest BCUT2D eigenvalue weighted by atomic mass is 10.1. The number of anilines is 1. The van der Waals surface area contributed by atoms with Gasteiger partial charge >= 0.3 is 0 Å². The van der Waals surface area contributed by atoms with E-state index < -0.39 is 5.95 Å². The number of hydrogen-bond donors (Lipinski definition) is 1. The lowest BCUT2D eigenvalue weighted by Gasteiger charge is -2.08. The minimum Gasteiger partial charge on any atom is -0.309 e. The van der Waals surface area contributed by atoms with Crippen molar-refractivity contribution in [2.24, 2.45) is 0 Å². The summed E-state index contributed by atoms with van der Waals surface area (Å²) < 4.78 is 15.1. The van der Waals surface area contributed by atoms with Crippen molar-refractivity contribution in [1.29, 1.82) is 0 Å². The Labute approximate surface area is 171 Å². The first kappa shape index (κ1) is 19.3. The van der Waals surface area contributed by atoms with Crippen molar-refractivity contribution >= 4 is 11.7 Å². The molecule has 0 radical (unpaired) electrons. The monoisotopic (exact) mass is 403 g/mol. The molecule has 0 spiro atoms. The number of aryl methyl sites for hydroxylation is 1. The first-order valence-electron chi connectivity index (χ1n) is 9.19. The molecule has 0 atom stereocenters. The molecule has 0 aliphatic rings. The van der Waals surface area contributed by atoms with E-state index in [1.165, 1.54) is 12.3 Å². The predicted octanol–water partition coefficient (Wildman–Crippen LogP) is 3.19. The third-order valence-corrected chi connectivity index (χ3v) is 4.58. The molecule has 4 aromatic heterocycles. The van der Waals surface area contributed by atoms with Gasteiger partial charge < -0.3 is 5.32 Å². The average Bonchev–Trinajstić information content (AvgIpc) is 3.02. The van der Waals surface area contributed by atoms with Crippen molar-refractivity contribution in [3.63, 3.8) is 0 Å². The number of nitrogens with zero attached hydrogens (tertiary/aromatic N) is 6. The number of nitrogens with one attached hydrogen (secondary N) is 1. The van der Waals surface area contributed by atoms with E-state index in [1.54, 1.807) is 41.6 Å². The molecular formula is C21H18FN7O. The lowest BCUT2D eigenvalue weighted by molar-refractivity contribution is -0.117. The van der Waals surface area contributed by atoms with Crippen LogP contribution in [-0.4, -0.2) is 35.6 Å². The summed E-state index contributed by atoms with van der Waals surface area (Å²) in [7, 11) is 0. The van der Waals surface area contributed by atoms with Crippen LogP contribution in [-0.2, 0) is 11.3 Å². The molecule has 9 heteroatoms. The van der Waals surface area contributed by atoms with E-state index in [4.69, 9.17) is 0 Å². The van der Waals surface area contributed by atoms with Gasteiger partial charge in [0.25, 0.3) is 0 Å². The van der Waals surface area contributed by atoms with E-state index in [-0.39, 0.29) is 12.5 Å². The summed E-state index contributed by atoms with van der Waals surface area (Å²) in [5, 5.41) is 7.19. The number of amides is 1. The quantitative estimate of drug-likeness (QED) is 0.514. The molecule has 1 amide bonds. The maximum atomic E-state index is 13.5. The summed E-state index contributed by atoms with van der Waals surface area (Å²) in [6, 6.07) is 6.58. The Kier molecular flexibility index (Phi) is 5.25. The zero-order valence-corrected chi connectivity index (χ0v) is 16.4. The third kappa shape index (κ3) is 4.04. The first-order chi connectivity index (χ1) is 14.5. The fourth-order valence-corrected chi connectivity index (χ4v) is 3.21. The largest absolute Gasteiger partial charge is 0.309 e. The van der Waals surface area contributed by atoms with Gasteiger partial charge in [-0.15, -0.1) is 0 Å². The van der Waals surface area contributed by atoms with Crippen LogP contribution in [0.1, 0.15) is 11.4 Å². The van der Waals surface area contributed by atoms with Crippen molar-refractivity contribution in [3.05, 3.63) is 72.6 Å². The number of carbonyl (C=O) groups excluding carboxylic acids is 1. The van der Waals surface area contributed by atoms with Gasteiger partial charge in [0.05, 0.1) is 17.6 Å². The molecule has 0 bridgehead atoms. The topological polar surface area (TPSA) is 98.5 Å². The van der Waals surface area contributed by atoms with E-state index in [1.807, 2.05) is 19.9 Å². The Morgan fingerprint density at radius 3 is 2.60 bits per heavy atom. The van der Waals surface area contributed by atoms with E-state index >= 15 is 0 Å². The van der Waals surface area contributed by atoms with Gasteiger partial charge in [-0.3, -0.25) is 19.4 Å². The predicted molar refractivity (Wildman–Crippen MR) is 109 cm³/mol. The van der Waals surface area contributed by atoms with Crippen molar-refractivity contribution in [1.82, 2.24) is 29.7 Å². The van der Waals surface area contributed by atoms with Crippen LogP contribution in [0.15, 0.2) is 55.2 Å². The Hall–Kier alpha value is -4.01. The summed E-state index contributed by atoms with van der Waals surface area (Å²) in [4.78, 5) is 28.6. The molecule has 0 saturated heterocycles. The van der Waals surface area contributed by atoms with E-state index in [0.717, 1.165) is 16.8 Å². The number of aromatic nitrogens is 6. The molecular weight excluding hydrogens is 385 g/mol. The maximum Gasteiger partial charge on any atom is 0.247 e. The van der Waals surface area contributed by atoms with Crippen molar-refractivity contribution in [2.45, 2.75) is 20.4 Å². The van der Waals surface area contributed by atoms with Gasteiger partial charge in [0.15, 0.2) is 0 Å². The molecule has 0 aliphatic heterocycles. The van der Waals surface area contributed by atoms with E-state index in [9.17, 15) is 9.18 Å². The van der Waals surface area contributed by atoms with Crippen LogP contribution >= 0.6 is 0 Å². The van der Waals surface area contributed by atoms with Gasteiger partial charge in [0, 0.05) is 47.7 Å². The molecule has 0 aromatic carbocycles. The van der Waals surface area contributed by atoms with Crippen LogP contribution < -0.4 is 5.32 Å². The zero-order valence-electron chi connectivity index (χ0n) is 16.4. The summed E-state index contributed by atoms with van der Waals surface area (Å²) in [5.41, 5.74) is 4.43. The van der Waals surface area contributed by atoms with Crippen molar-refractivity contribution < 1.29 is 9.18 Å². The molecule has 150 valence electrons. The van der Waals surface area contributed by atoms with Crippen LogP contribution in [0.25, 0.3) is 22.4 Å². The van der Waals surface area contributed by atoms with Gasteiger partial charge in [0.1, 0.15) is 12.4 Å². The van der Waals surface area contributed by atoms with Gasteiger partial charge in [-0.25, -0.2) is 9.97 Å². The highest BCUT2D eigenvalue weighted by Crippen LogP contribution is 2.27. The molecule has 4 aromatic rings. The van der Waals surface area contributed by atoms with Crippen LogP contribution in [0.3, 0.4) is 0 Å². The Bertz CT molecular complexity index is 1190. The Morgan fingerprint density at radius 2 is 1.90 bits per heavy atom. The number of pyridine rings is 2. The second-order valence-corrected chi connectivity index (χ2v) is 6.64. The smallest absolute Gasteiger partial charge is 0.247 e. The standard InChI is InChI=1S/C21H18FN7O/c1-13-21(15-5-6-25-18(22)9-15)14(2)29(28-13)12-20(30)27-19-4-3-16(10-26-19)17-11-23-7-8-24-17/h3-11H,12H2,1-2H3,(H,26,27,30). The van der Waals surface area contributed by atoms with Crippen LogP contribution in [0.5, 0.6) is 0 Å². The summed E-state index contributed by atoms with van der Waals surface area (Å²) in [6.45, 7) is 3.67. The van der Waals surface area contributed by atoms with Crippen molar-refractivity contribution in [2.75, 3.05) is 5.32 Å². The Balaban J connectivity index is 1.48. The Morgan fingerprint density at radius 1 is 1.03 bits per heavy atom. The highest BCUT2D eigenvalue weighted by atomic mass is 19.1. The fourth-order valence-electron chi connectivity index (χ4n) is 3.21. The molecule has 4 heterocycles. The van der Waals surface area contributed by atoms with E-state index in [2.05, 4.69) is 30.4 Å². The second-order valence-electron chi connectivity index (χ2n) is 6.64. The summed E-state index contributed by atoms with van der Waals surface area (Å²) >= 11 is 0. The highest BCUT2D eigenvalue weighted by Gasteiger charge is 2.16. The van der Waals surface area contributed by atoms with Crippen molar-refractivity contribution in [3.8, 4) is 22.4 Å². The molecule has 1 N–H and O–H groups in total. The molecule has 4 rings (SSSR count). The minimum absolute atomic E-state index is 0.00777. The molecule has 8 nitrogen and oxygen atoms in total. The van der Waals surface area contributed by atoms with Gasteiger partial charge in [-0.05, 0) is 37.6 Å². The second kappa shape index (κ2) is 8.16. The normalized spacial score (nSPS) is 10.8. The molecule has 30 heavy (non-hydrogen) atoms. The number of carbonyl (C=O) groups is 1. The van der Waals surface area contributed by atoms with Crippen LogP contribution in [0.2, 0.25) is 0 Å². The summed E-state index contributed by atoms with van der Waals surface area (Å²) in [6.07, 6.45) is 7.88. The van der Waals surface area contributed by atoms with Gasteiger partial charge in [-0.2, -0.15) is 9.49 Å². The van der Waals surface area contributed by atoms with E-state index in [0.29, 0.717) is 22.8 Å². The minimum atomic E-state index is -0.562. The molecule has 0 saturated carbocycles. The first-order valence-corrected chi connectivity index (χ1v) is 9.19. The number of halogens is 1. The van der Waals surface area contributed by atoms with Gasteiger partial charge in [-0.1, -0.05) is 0 Å². The molecule has 0 aliphatic carbocycles. The molecule has 0 unspecified atom stereocenters. The lowest BCUT2D eigenvalue weighted by Crippen LogP contribution is -2.20. The third-order valence-electron chi connectivity index (χ3n) is 4.58. The van der Waals surface area contributed by atoms with Crippen LogP contribution in [0.4, 0.5) is 10.2 Å². The maximum absolute atomic E-state index is 13.5. The molecule has 0 fully saturated rings. The number of rotatable bonds is 5. The highest BCUT2D eigenvalue weighted by molar-refractivity contribution is 5.89. The SMILES string of the molecule is Cc1nn(CC(=O)Nc2ccc(-c3cnccn3)cn2)c(C)c1-c1ccnc(F)c1. The summed E-state index contributed by atoms with van der Waals surface area (Å²) in [5.74, 6) is -0.411. The average molecular weight is 403 g/mol. The fraction of sp³-hybridized carbons (Fsp3) is 0.143. The van der Waals surface area contributed by atoms with Gasteiger partial charge in [0.2, 0.25) is 11.9 Å². The number of hydrogen-bond acceptors (Lipinski definition) is 6. The van der Waals surface area contributed by atoms with Crippen LogP contribution in [0, 0.1) is 19.8 Å².